The quantitative estimate of drug-likeness (QED) is 0.542. The molecular formula is C14H21O5P. The summed E-state index contributed by atoms with van der Waals surface area (Å²) in [6.45, 7) is 5.61. The molecule has 0 amide bonds. The molecule has 112 valence electrons. The van der Waals surface area contributed by atoms with Gasteiger partial charge in [-0.2, -0.15) is 0 Å². The molecule has 0 radical (unpaired) electrons. The Balaban J connectivity index is 2.75. The first-order chi connectivity index (χ1) is 9.50. The zero-order valence-corrected chi connectivity index (χ0v) is 13.0. The molecule has 2 atom stereocenters. The monoisotopic (exact) mass is 300 g/mol. The summed E-state index contributed by atoms with van der Waals surface area (Å²) in [5.41, 5.74) is 0.872. The van der Waals surface area contributed by atoms with E-state index in [1.54, 1.807) is 20.8 Å². The van der Waals surface area contributed by atoms with E-state index in [0.717, 1.165) is 5.56 Å². The van der Waals surface area contributed by atoms with Crippen LogP contribution in [0.3, 0.4) is 0 Å². The Hall–Kier alpha value is -1.16. The van der Waals surface area contributed by atoms with E-state index >= 15 is 0 Å². The summed E-state index contributed by atoms with van der Waals surface area (Å²) < 4.78 is 28.0. The van der Waals surface area contributed by atoms with Crippen LogP contribution in [0.5, 0.6) is 0 Å². The zero-order valence-electron chi connectivity index (χ0n) is 12.1. The highest BCUT2D eigenvalue weighted by molar-refractivity contribution is 7.54. The van der Waals surface area contributed by atoms with Crippen LogP contribution in [0.2, 0.25) is 0 Å². The van der Waals surface area contributed by atoms with Gasteiger partial charge in [-0.3, -0.25) is 9.36 Å². The third kappa shape index (κ3) is 5.45. The van der Waals surface area contributed by atoms with Crippen molar-refractivity contribution < 1.29 is 23.1 Å². The molecule has 0 aliphatic carbocycles. The lowest BCUT2D eigenvalue weighted by atomic mass is 10.1. The second kappa shape index (κ2) is 8.20. The summed E-state index contributed by atoms with van der Waals surface area (Å²) in [5.74, 6) is -0.579. The van der Waals surface area contributed by atoms with E-state index in [1.165, 1.54) is 0 Å². The Bertz CT molecular complexity index is 460. The lowest BCUT2D eigenvalue weighted by Crippen LogP contribution is -2.14. The zero-order chi connectivity index (χ0) is 15.0. The van der Waals surface area contributed by atoms with Gasteiger partial charge in [-0.05, 0) is 26.3 Å². The van der Waals surface area contributed by atoms with Gasteiger partial charge in [0.2, 0.25) is 0 Å². The van der Waals surface area contributed by atoms with Gasteiger partial charge in [-0.1, -0.05) is 30.3 Å². The third-order valence-electron chi connectivity index (χ3n) is 2.54. The Kier molecular flexibility index (Phi) is 6.93. The molecule has 1 aromatic carbocycles. The normalized spacial score (nSPS) is 15.3. The smallest absolute Gasteiger partial charge is 0.342 e. The van der Waals surface area contributed by atoms with Crippen molar-refractivity contribution in [2.24, 2.45) is 0 Å². The van der Waals surface area contributed by atoms with Crippen LogP contribution >= 0.6 is 7.60 Å². The predicted molar refractivity (Wildman–Crippen MR) is 76.7 cm³/mol. The average molecular weight is 300 g/mol. The molecule has 0 bridgehead atoms. The number of hydrogen-bond acceptors (Lipinski definition) is 5. The van der Waals surface area contributed by atoms with Crippen molar-refractivity contribution in [1.29, 1.82) is 0 Å². The molecule has 1 aromatic rings. The molecule has 1 rings (SSSR count). The number of carbonyl (C=O) groups excluding carboxylic acids is 1. The minimum absolute atomic E-state index is 0.207. The van der Waals surface area contributed by atoms with Gasteiger partial charge < -0.3 is 13.8 Å². The molecule has 0 aromatic heterocycles. The average Bonchev–Trinajstić information content (AvgIpc) is 2.39. The Morgan fingerprint density at radius 3 is 2.40 bits per heavy atom. The minimum atomic E-state index is -3.50. The summed E-state index contributed by atoms with van der Waals surface area (Å²) in [5, 5.41) is 0. The van der Waals surface area contributed by atoms with Crippen LogP contribution in [0.1, 0.15) is 32.4 Å². The van der Waals surface area contributed by atoms with Gasteiger partial charge in [-0.25, -0.2) is 0 Å². The summed E-state index contributed by atoms with van der Waals surface area (Å²) in [6.07, 6.45) is -0.797. The van der Waals surface area contributed by atoms with Gasteiger partial charge in [0.1, 0.15) is 6.16 Å². The van der Waals surface area contributed by atoms with Gasteiger partial charge in [0.05, 0.1) is 19.3 Å². The van der Waals surface area contributed by atoms with Crippen molar-refractivity contribution in [2.45, 2.75) is 26.9 Å². The molecule has 0 fully saturated rings. The van der Waals surface area contributed by atoms with E-state index in [9.17, 15) is 9.36 Å². The summed E-state index contributed by atoms with van der Waals surface area (Å²) >= 11 is 0. The van der Waals surface area contributed by atoms with Crippen LogP contribution in [0.15, 0.2) is 30.3 Å². The van der Waals surface area contributed by atoms with Crippen molar-refractivity contribution in [3.8, 4) is 0 Å². The fourth-order valence-electron chi connectivity index (χ4n) is 1.70. The first-order valence-corrected chi connectivity index (χ1v) is 8.36. The largest absolute Gasteiger partial charge is 0.466 e. The highest BCUT2D eigenvalue weighted by Crippen LogP contribution is 2.51. The van der Waals surface area contributed by atoms with Crippen LogP contribution in [-0.2, 0) is 23.1 Å². The van der Waals surface area contributed by atoms with Crippen molar-refractivity contribution in [3.63, 3.8) is 0 Å². The maximum Gasteiger partial charge on any atom is 0.342 e. The molecule has 0 saturated heterocycles. The molecular weight excluding hydrogens is 279 g/mol. The maximum atomic E-state index is 12.5. The van der Waals surface area contributed by atoms with Crippen molar-refractivity contribution >= 4 is 13.6 Å². The van der Waals surface area contributed by atoms with Gasteiger partial charge in [0.15, 0.2) is 0 Å². The standard InChI is InChI=1S/C14H21O5P/c1-4-17-14(15)11-20(16,18-5-2)19-12(3)13-9-7-6-8-10-13/h6-10,12H,4-5,11H2,1-3H3. The highest BCUT2D eigenvalue weighted by Gasteiger charge is 2.31. The van der Waals surface area contributed by atoms with E-state index in [0.29, 0.717) is 0 Å². The Morgan fingerprint density at radius 1 is 1.20 bits per heavy atom. The van der Waals surface area contributed by atoms with Crippen LogP contribution in [-0.4, -0.2) is 25.3 Å². The number of carbonyl (C=O) groups is 1. The Morgan fingerprint density at radius 2 is 1.85 bits per heavy atom. The third-order valence-corrected chi connectivity index (χ3v) is 4.48. The summed E-state index contributed by atoms with van der Waals surface area (Å²) in [6, 6.07) is 9.35. The second-order valence-electron chi connectivity index (χ2n) is 4.15. The van der Waals surface area contributed by atoms with Gasteiger partial charge in [0, 0.05) is 0 Å². The van der Waals surface area contributed by atoms with E-state index in [4.69, 9.17) is 13.8 Å². The fourth-order valence-corrected chi connectivity index (χ4v) is 3.33. The van der Waals surface area contributed by atoms with Gasteiger partial charge >= 0.3 is 13.6 Å². The van der Waals surface area contributed by atoms with Crippen molar-refractivity contribution in [3.05, 3.63) is 35.9 Å². The van der Waals surface area contributed by atoms with E-state index in [2.05, 4.69) is 0 Å². The molecule has 0 aliphatic rings. The number of esters is 1. The molecule has 6 heteroatoms. The Labute approximate surface area is 119 Å². The lowest BCUT2D eigenvalue weighted by molar-refractivity contribution is -0.140. The van der Waals surface area contributed by atoms with Crippen LogP contribution in [0.4, 0.5) is 0 Å². The first kappa shape index (κ1) is 16.9. The fraction of sp³-hybridized carbons (Fsp3) is 0.500. The van der Waals surface area contributed by atoms with Crippen LogP contribution in [0.25, 0.3) is 0 Å². The molecule has 0 saturated carbocycles. The minimum Gasteiger partial charge on any atom is -0.466 e. The summed E-state index contributed by atoms with van der Waals surface area (Å²) in [7, 11) is -3.50. The molecule has 5 nitrogen and oxygen atoms in total. The number of rotatable bonds is 8. The molecule has 20 heavy (non-hydrogen) atoms. The number of benzene rings is 1. The molecule has 2 unspecified atom stereocenters. The van der Waals surface area contributed by atoms with E-state index in [-0.39, 0.29) is 19.4 Å². The molecule has 0 N–H and O–H groups in total. The summed E-state index contributed by atoms with van der Waals surface area (Å²) in [4.78, 5) is 11.5. The van der Waals surface area contributed by atoms with Gasteiger partial charge in [-0.15, -0.1) is 0 Å². The number of ether oxygens (including phenoxy) is 1. The van der Waals surface area contributed by atoms with E-state index < -0.39 is 19.7 Å². The van der Waals surface area contributed by atoms with Crippen LogP contribution < -0.4 is 0 Å². The molecule has 0 heterocycles. The van der Waals surface area contributed by atoms with Crippen molar-refractivity contribution in [1.82, 2.24) is 0 Å². The predicted octanol–water partition coefficient (Wildman–Crippen LogP) is 3.56. The number of hydrogen-bond donors (Lipinski definition) is 0. The van der Waals surface area contributed by atoms with Crippen LogP contribution in [0, 0.1) is 0 Å². The SMILES string of the molecule is CCOC(=O)CP(=O)(OCC)OC(C)c1ccccc1. The maximum absolute atomic E-state index is 12.5. The lowest BCUT2D eigenvalue weighted by Gasteiger charge is -2.21. The van der Waals surface area contributed by atoms with E-state index in [1.807, 2.05) is 30.3 Å². The highest BCUT2D eigenvalue weighted by atomic mass is 31.2. The van der Waals surface area contributed by atoms with Gasteiger partial charge in [0.25, 0.3) is 0 Å². The molecule has 0 aliphatic heterocycles. The second-order valence-corrected chi connectivity index (χ2v) is 6.16. The first-order valence-electron chi connectivity index (χ1n) is 6.63. The topological polar surface area (TPSA) is 61.8 Å². The molecule has 0 spiro atoms. The van der Waals surface area contributed by atoms with Crippen molar-refractivity contribution in [2.75, 3.05) is 19.4 Å².